The number of hydrogen-bond acceptors (Lipinski definition) is 6. The first-order chi connectivity index (χ1) is 17.1. The van der Waals surface area contributed by atoms with E-state index in [1.165, 1.54) is 0 Å². The Morgan fingerprint density at radius 3 is 2.66 bits per heavy atom. The summed E-state index contributed by atoms with van der Waals surface area (Å²) in [4.78, 5) is 30.4. The smallest absolute Gasteiger partial charge is 0.339 e. The molecule has 1 amide bonds. The third-order valence-corrected chi connectivity index (χ3v) is 5.99. The first-order valence-electron chi connectivity index (χ1n) is 11.3. The van der Waals surface area contributed by atoms with Gasteiger partial charge in [0, 0.05) is 11.9 Å². The molecule has 2 aromatic carbocycles. The van der Waals surface area contributed by atoms with Gasteiger partial charge < -0.3 is 19.2 Å². The Morgan fingerprint density at radius 1 is 1.06 bits per heavy atom. The fourth-order valence-corrected chi connectivity index (χ4v) is 4.26. The molecule has 0 fully saturated rings. The Bertz CT molecular complexity index is 1410. The Labute approximate surface area is 202 Å². The first-order valence-corrected chi connectivity index (χ1v) is 11.3. The van der Waals surface area contributed by atoms with E-state index in [0.717, 1.165) is 40.3 Å². The SMILES string of the molecule is COc1ccc(CNC(=O)COC(=O)c2c3c(nc4ccccc24)/C(=C/c2ccco2)CC3)cc1. The summed E-state index contributed by atoms with van der Waals surface area (Å²) < 4.78 is 16.1. The summed E-state index contributed by atoms with van der Waals surface area (Å²) in [6.07, 6.45) is 4.98. The minimum Gasteiger partial charge on any atom is -0.497 e. The molecule has 0 saturated heterocycles. The van der Waals surface area contributed by atoms with E-state index in [9.17, 15) is 9.59 Å². The van der Waals surface area contributed by atoms with Gasteiger partial charge >= 0.3 is 5.97 Å². The number of aromatic nitrogens is 1. The van der Waals surface area contributed by atoms with Crippen LogP contribution in [0.2, 0.25) is 0 Å². The van der Waals surface area contributed by atoms with Crippen LogP contribution in [-0.2, 0) is 22.5 Å². The number of amides is 1. The zero-order valence-corrected chi connectivity index (χ0v) is 19.2. The summed E-state index contributed by atoms with van der Waals surface area (Å²) in [7, 11) is 1.60. The lowest BCUT2D eigenvalue weighted by atomic mass is 10.0. The highest BCUT2D eigenvalue weighted by Crippen LogP contribution is 2.37. The van der Waals surface area contributed by atoms with Gasteiger partial charge in [-0.15, -0.1) is 0 Å². The standard InChI is InChI=1S/C28H24N2O5/c1-33-20-11-8-18(9-12-20)16-29-25(31)17-35-28(32)26-22-6-2-3-7-24(22)30-27-19(10-13-23(26)27)15-21-5-4-14-34-21/h2-9,11-12,14-15H,10,13,16-17H2,1H3,(H,29,31)/b19-15+. The molecule has 0 saturated carbocycles. The van der Waals surface area contributed by atoms with Gasteiger partial charge in [0.1, 0.15) is 11.5 Å². The minimum atomic E-state index is -0.529. The zero-order valence-electron chi connectivity index (χ0n) is 19.2. The lowest BCUT2D eigenvalue weighted by molar-refractivity contribution is -0.124. The molecule has 0 bridgehead atoms. The number of carbonyl (C=O) groups excluding carboxylic acids is 2. The van der Waals surface area contributed by atoms with E-state index >= 15 is 0 Å². The summed E-state index contributed by atoms with van der Waals surface area (Å²) in [6, 6.07) is 18.6. The minimum absolute atomic E-state index is 0.328. The van der Waals surface area contributed by atoms with Crippen LogP contribution in [0.4, 0.5) is 0 Å². The van der Waals surface area contributed by atoms with Crippen molar-refractivity contribution in [2.24, 2.45) is 0 Å². The molecule has 4 aromatic rings. The molecule has 0 unspecified atom stereocenters. The van der Waals surface area contributed by atoms with Gasteiger partial charge in [-0.05, 0) is 65.9 Å². The Morgan fingerprint density at radius 2 is 1.89 bits per heavy atom. The van der Waals surface area contributed by atoms with E-state index in [0.29, 0.717) is 29.4 Å². The predicted molar refractivity (Wildman–Crippen MR) is 132 cm³/mol. The molecule has 2 heterocycles. The van der Waals surface area contributed by atoms with Crippen LogP contribution in [0.1, 0.15) is 39.4 Å². The number of nitrogens with one attached hydrogen (secondary N) is 1. The summed E-state index contributed by atoms with van der Waals surface area (Å²) >= 11 is 0. The van der Waals surface area contributed by atoms with Crippen LogP contribution in [-0.4, -0.2) is 30.6 Å². The number of pyridine rings is 1. The number of rotatable bonds is 7. The van der Waals surface area contributed by atoms with Gasteiger partial charge in [-0.3, -0.25) is 4.79 Å². The van der Waals surface area contributed by atoms with E-state index in [4.69, 9.17) is 18.9 Å². The highest BCUT2D eigenvalue weighted by Gasteiger charge is 2.28. The van der Waals surface area contributed by atoms with Gasteiger partial charge in [-0.2, -0.15) is 0 Å². The zero-order chi connectivity index (χ0) is 24.2. The lowest BCUT2D eigenvalue weighted by Gasteiger charge is -2.12. The van der Waals surface area contributed by atoms with Gasteiger partial charge in [-0.1, -0.05) is 30.3 Å². The predicted octanol–water partition coefficient (Wildman–Crippen LogP) is 4.80. The number of benzene rings is 2. The maximum atomic E-state index is 13.2. The van der Waals surface area contributed by atoms with Gasteiger partial charge in [0.25, 0.3) is 5.91 Å². The van der Waals surface area contributed by atoms with Crippen LogP contribution in [0.3, 0.4) is 0 Å². The first kappa shape index (κ1) is 22.4. The molecule has 7 heteroatoms. The number of furan rings is 1. The van der Waals surface area contributed by atoms with Gasteiger partial charge in [-0.25, -0.2) is 9.78 Å². The fraction of sp³-hybridized carbons (Fsp3) is 0.179. The molecular formula is C28H24N2O5. The summed E-state index contributed by atoms with van der Waals surface area (Å²) in [6.45, 7) is -0.0373. The van der Waals surface area contributed by atoms with Crippen molar-refractivity contribution in [3.05, 3.63) is 95.1 Å². The van der Waals surface area contributed by atoms with E-state index in [1.54, 1.807) is 13.4 Å². The molecule has 1 aliphatic carbocycles. The van der Waals surface area contributed by atoms with Crippen LogP contribution >= 0.6 is 0 Å². The van der Waals surface area contributed by atoms with Crippen molar-refractivity contribution < 1.29 is 23.5 Å². The second kappa shape index (κ2) is 9.85. The molecule has 176 valence electrons. The fourth-order valence-electron chi connectivity index (χ4n) is 4.26. The van der Waals surface area contributed by atoms with Crippen molar-refractivity contribution in [2.75, 3.05) is 13.7 Å². The molecule has 0 radical (unpaired) electrons. The molecular weight excluding hydrogens is 444 g/mol. The molecule has 35 heavy (non-hydrogen) atoms. The second-order valence-electron chi connectivity index (χ2n) is 8.22. The largest absolute Gasteiger partial charge is 0.497 e. The van der Waals surface area contributed by atoms with Gasteiger partial charge in [0.05, 0.1) is 30.1 Å². The van der Waals surface area contributed by atoms with Crippen molar-refractivity contribution in [2.45, 2.75) is 19.4 Å². The molecule has 1 aliphatic rings. The Kier molecular flexibility index (Phi) is 6.30. The number of esters is 1. The Hall–Kier alpha value is -4.39. The number of nitrogens with zero attached hydrogens (tertiary/aromatic N) is 1. The van der Waals surface area contributed by atoms with Crippen molar-refractivity contribution >= 4 is 34.4 Å². The van der Waals surface area contributed by atoms with Crippen molar-refractivity contribution in [3.8, 4) is 5.75 Å². The molecule has 5 rings (SSSR count). The second-order valence-corrected chi connectivity index (χ2v) is 8.22. The quantitative estimate of drug-likeness (QED) is 0.392. The summed E-state index contributed by atoms with van der Waals surface area (Å²) in [5, 5.41) is 3.49. The number of para-hydroxylation sites is 1. The van der Waals surface area contributed by atoms with Crippen LogP contribution in [0.25, 0.3) is 22.6 Å². The third-order valence-electron chi connectivity index (χ3n) is 5.99. The molecule has 0 spiro atoms. The van der Waals surface area contributed by atoms with E-state index in [-0.39, 0.29) is 12.5 Å². The van der Waals surface area contributed by atoms with E-state index in [1.807, 2.05) is 66.7 Å². The van der Waals surface area contributed by atoms with Crippen LogP contribution in [0.5, 0.6) is 5.75 Å². The maximum absolute atomic E-state index is 13.2. The number of fused-ring (bicyclic) bond motifs is 2. The molecule has 0 aliphatic heterocycles. The van der Waals surface area contributed by atoms with Gasteiger partial charge in [0.2, 0.25) is 0 Å². The van der Waals surface area contributed by atoms with Crippen LogP contribution in [0, 0.1) is 0 Å². The van der Waals surface area contributed by atoms with Crippen LogP contribution < -0.4 is 10.1 Å². The Balaban J connectivity index is 1.33. The topological polar surface area (TPSA) is 90.7 Å². The third kappa shape index (κ3) is 4.80. The van der Waals surface area contributed by atoms with Crippen molar-refractivity contribution in [3.63, 3.8) is 0 Å². The monoisotopic (exact) mass is 468 g/mol. The van der Waals surface area contributed by atoms with E-state index in [2.05, 4.69) is 5.32 Å². The molecule has 0 atom stereocenters. The van der Waals surface area contributed by atoms with Crippen molar-refractivity contribution in [1.82, 2.24) is 10.3 Å². The summed E-state index contributed by atoms with van der Waals surface area (Å²) in [5.74, 6) is 0.579. The number of methoxy groups -OCH3 is 1. The number of carbonyl (C=O) groups is 2. The van der Waals surface area contributed by atoms with Gasteiger partial charge in [0.15, 0.2) is 6.61 Å². The number of ether oxygens (including phenoxy) is 2. The average Bonchev–Trinajstić information content (AvgIpc) is 3.55. The normalized spacial score (nSPS) is 13.6. The van der Waals surface area contributed by atoms with Crippen molar-refractivity contribution in [1.29, 1.82) is 0 Å². The molecule has 2 aromatic heterocycles. The molecule has 1 N–H and O–H groups in total. The highest BCUT2D eigenvalue weighted by atomic mass is 16.5. The molecule has 7 nitrogen and oxygen atoms in total. The highest BCUT2D eigenvalue weighted by molar-refractivity contribution is 6.07. The maximum Gasteiger partial charge on any atom is 0.339 e. The lowest BCUT2D eigenvalue weighted by Crippen LogP contribution is -2.28. The van der Waals surface area contributed by atoms with Crippen LogP contribution in [0.15, 0.2) is 71.3 Å². The summed E-state index contributed by atoms with van der Waals surface area (Å²) in [5.41, 5.74) is 4.71. The average molecular weight is 469 g/mol. The number of hydrogen-bond donors (Lipinski definition) is 1. The number of allylic oxidation sites excluding steroid dienone is 1. The van der Waals surface area contributed by atoms with E-state index < -0.39 is 5.97 Å².